The highest BCUT2D eigenvalue weighted by atomic mass is 19.1. The van der Waals surface area contributed by atoms with Crippen LogP contribution in [0.1, 0.15) is 37.7 Å². The van der Waals surface area contributed by atoms with Crippen molar-refractivity contribution in [1.82, 2.24) is 9.80 Å². The molecule has 0 bridgehead atoms. The van der Waals surface area contributed by atoms with Crippen LogP contribution < -0.4 is 0 Å². The largest absolute Gasteiger partial charge is 0.395 e. The maximum Gasteiger partial charge on any atom is 0.222 e. The van der Waals surface area contributed by atoms with Gasteiger partial charge in [0.2, 0.25) is 11.8 Å². The highest BCUT2D eigenvalue weighted by Gasteiger charge is 2.41. The molecule has 6 heteroatoms. The number of carbonyl (C=O) groups excluding carboxylic acids is 2. The minimum absolute atomic E-state index is 0.00415. The van der Waals surface area contributed by atoms with E-state index in [9.17, 15) is 14.0 Å². The molecule has 1 N–H and O–H groups in total. The zero-order valence-corrected chi connectivity index (χ0v) is 15.1. The molecule has 26 heavy (non-hydrogen) atoms. The van der Waals surface area contributed by atoms with Gasteiger partial charge in [-0.1, -0.05) is 12.1 Å². The molecule has 2 heterocycles. The monoisotopic (exact) mass is 362 g/mol. The van der Waals surface area contributed by atoms with Crippen molar-refractivity contribution in [3.63, 3.8) is 0 Å². The number of halogens is 1. The smallest absolute Gasteiger partial charge is 0.222 e. The number of hydrogen-bond donors (Lipinski definition) is 1. The van der Waals surface area contributed by atoms with Gasteiger partial charge in [-0.3, -0.25) is 9.59 Å². The lowest BCUT2D eigenvalue weighted by Gasteiger charge is -2.47. The molecule has 3 rings (SSSR count). The van der Waals surface area contributed by atoms with E-state index in [1.807, 2.05) is 4.90 Å². The number of amides is 2. The first-order valence-electron chi connectivity index (χ1n) is 9.42. The van der Waals surface area contributed by atoms with Crippen LogP contribution in [0.15, 0.2) is 24.3 Å². The Labute approximate surface area is 153 Å². The van der Waals surface area contributed by atoms with Crippen LogP contribution in [-0.2, 0) is 16.0 Å². The molecule has 1 aromatic rings. The molecule has 1 aromatic carbocycles. The summed E-state index contributed by atoms with van der Waals surface area (Å²) in [4.78, 5) is 28.1. The Hall–Kier alpha value is -1.95. The predicted molar refractivity (Wildman–Crippen MR) is 95.9 cm³/mol. The molecule has 5 nitrogen and oxygen atoms in total. The van der Waals surface area contributed by atoms with Crippen molar-refractivity contribution in [1.29, 1.82) is 0 Å². The molecule has 0 atom stereocenters. The summed E-state index contributed by atoms with van der Waals surface area (Å²) in [5.41, 5.74) is 1.07. The molecule has 0 aliphatic carbocycles. The lowest BCUT2D eigenvalue weighted by Crippen LogP contribution is -2.52. The summed E-state index contributed by atoms with van der Waals surface area (Å²) < 4.78 is 12.9. The summed E-state index contributed by atoms with van der Waals surface area (Å²) in [5, 5.41) is 9.14. The number of rotatable bonds is 5. The maximum absolute atomic E-state index is 12.9. The fourth-order valence-corrected chi connectivity index (χ4v) is 4.13. The molecule has 0 aromatic heterocycles. The predicted octanol–water partition coefficient (Wildman–Crippen LogP) is 1.98. The van der Waals surface area contributed by atoms with Crippen LogP contribution in [0.4, 0.5) is 4.39 Å². The zero-order chi connectivity index (χ0) is 18.6. The van der Waals surface area contributed by atoms with Gasteiger partial charge in [-0.15, -0.1) is 0 Å². The molecular formula is C20H27FN2O3. The summed E-state index contributed by atoms with van der Waals surface area (Å²) in [6.45, 7) is 2.55. The van der Waals surface area contributed by atoms with Gasteiger partial charge >= 0.3 is 0 Å². The van der Waals surface area contributed by atoms with Crippen molar-refractivity contribution in [2.75, 3.05) is 32.8 Å². The van der Waals surface area contributed by atoms with E-state index >= 15 is 0 Å². The molecule has 2 aliphatic heterocycles. The van der Waals surface area contributed by atoms with Crippen LogP contribution in [0.2, 0.25) is 0 Å². The van der Waals surface area contributed by atoms with Gasteiger partial charge in [0.25, 0.3) is 0 Å². The Morgan fingerprint density at radius 1 is 1.15 bits per heavy atom. The number of β-amino-alcohol motifs (C(OH)–C–C–N with tert-alkyl or cyclic N) is 1. The summed E-state index contributed by atoms with van der Waals surface area (Å²) in [7, 11) is 0. The van der Waals surface area contributed by atoms with Gasteiger partial charge < -0.3 is 14.9 Å². The van der Waals surface area contributed by atoms with Crippen molar-refractivity contribution in [3.8, 4) is 0 Å². The van der Waals surface area contributed by atoms with Gasteiger partial charge in [-0.2, -0.15) is 0 Å². The molecule has 2 saturated heterocycles. The van der Waals surface area contributed by atoms with Gasteiger partial charge in [-0.05, 0) is 48.8 Å². The standard InChI is InChI=1S/C20H27FN2O3/c21-17-4-1-16(2-5-17)3-6-18(25)22-11-9-20(10-12-22)8-7-19(26)23(15-20)13-14-24/h1-2,4-5,24H,3,6-15H2. The van der Waals surface area contributed by atoms with Crippen LogP contribution in [0.5, 0.6) is 0 Å². The summed E-state index contributed by atoms with van der Waals surface area (Å²) in [6.07, 6.45) is 4.30. The first-order valence-corrected chi connectivity index (χ1v) is 9.42. The highest BCUT2D eigenvalue weighted by molar-refractivity contribution is 5.78. The average molecular weight is 362 g/mol. The number of piperidine rings is 2. The SMILES string of the molecule is O=C(CCc1ccc(F)cc1)N1CCC2(CCC(=O)N(CCO)C2)CC1. The van der Waals surface area contributed by atoms with Crippen LogP contribution >= 0.6 is 0 Å². The quantitative estimate of drug-likeness (QED) is 0.871. The Kier molecular flexibility index (Phi) is 5.91. The van der Waals surface area contributed by atoms with Crippen molar-refractivity contribution in [3.05, 3.63) is 35.6 Å². The van der Waals surface area contributed by atoms with Crippen LogP contribution in [0.25, 0.3) is 0 Å². The van der Waals surface area contributed by atoms with E-state index in [2.05, 4.69) is 0 Å². The highest BCUT2D eigenvalue weighted by Crippen LogP contribution is 2.40. The first-order chi connectivity index (χ1) is 12.5. The number of nitrogens with zero attached hydrogens (tertiary/aromatic N) is 2. The Morgan fingerprint density at radius 2 is 1.85 bits per heavy atom. The van der Waals surface area contributed by atoms with Crippen LogP contribution in [0.3, 0.4) is 0 Å². The number of benzene rings is 1. The molecule has 142 valence electrons. The second kappa shape index (κ2) is 8.16. The van der Waals surface area contributed by atoms with Crippen molar-refractivity contribution >= 4 is 11.8 Å². The number of carbonyl (C=O) groups is 2. The molecule has 2 amide bonds. The van der Waals surface area contributed by atoms with E-state index in [-0.39, 0.29) is 29.7 Å². The molecule has 0 unspecified atom stereocenters. The third-order valence-electron chi connectivity index (χ3n) is 5.84. The van der Waals surface area contributed by atoms with Gasteiger partial charge in [0.1, 0.15) is 5.82 Å². The summed E-state index contributed by atoms with van der Waals surface area (Å²) >= 11 is 0. The second-order valence-electron chi connectivity index (χ2n) is 7.55. The van der Waals surface area contributed by atoms with Crippen molar-refractivity contribution in [2.24, 2.45) is 5.41 Å². The average Bonchev–Trinajstić information content (AvgIpc) is 2.65. The normalized spacial score (nSPS) is 19.8. The minimum Gasteiger partial charge on any atom is -0.395 e. The maximum atomic E-state index is 12.9. The Bertz CT molecular complexity index is 639. The number of aliphatic hydroxyl groups excluding tert-OH is 1. The second-order valence-corrected chi connectivity index (χ2v) is 7.55. The fraction of sp³-hybridized carbons (Fsp3) is 0.600. The van der Waals surface area contributed by atoms with Crippen molar-refractivity contribution < 1.29 is 19.1 Å². The summed E-state index contributed by atoms with van der Waals surface area (Å²) in [6, 6.07) is 6.30. The fourth-order valence-electron chi connectivity index (χ4n) is 4.13. The molecule has 2 fully saturated rings. The van der Waals surface area contributed by atoms with Crippen molar-refractivity contribution in [2.45, 2.75) is 38.5 Å². The van der Waals surface area contributed by atoms with E-state index < -0.39 is 0 Å². The Balaban J connectivity index is 1.49. The number of likely N-dealkylation sites (tertiary alicyclic amines) is 2. The first kappa shape index (κ1) is 18.8. The number of aliphatic hydroxyl groups is 1. The van der Waals surface area contributed by atoms with E-state index in [4.69, 9.17) is 5.11 Å². The molecule has 1 spiro atoms. The topological polar surface area (TPSA) is 60.9 Å². The van der Waals surface area contributed by atoms with Crippen LogP contribution in [-0.4, -0.2) is 59.5 Å². The molecular weight excluding hydrogens is 335 g/mol. The van der Waals surface area contributed by atoms with Gasteiger partial charge in [0.15, 0.2) is 0 Å². The van der Waals surface area contributed by atoms with E-state index in [0.29, 0.717) is 32.4 Å². The molecule has 0 saturated carbocycles. The number of hydrogen-bond acceptors (Lipinski definition) is 3. The van der Waals surface area contributed by atoms with Gasteiger partial charge in [-0.25, -0.2) is 4.39 Å². The van der Waals surface area contributed by atoms with E-state index in [1.54, 1.807) is 17.0 Å². The minimum atomic E-state index is -0.261. The van der Waals surface area contributed by atoms with Gasteiger partial charge in [0, 0.05) is 39.0 Å². The van der Waals surface area contributed by atoms with Crippen LogP contribution in [0, 0.1) is 11.2 Å². The molecule has 0 radical (unpaired) electrons. The Morgan fingerprint density at radius 3 is 2.50 bits per heavy atom. The third kappa shape index (κ3) is 4.41. The van der Waals surface area contributed by atoms with E-state index in [1.165, 1.54) is 12.1 Å². The van der Waals surface area contributed by atoms with E-state index in [0.717, 1.165) is 37.9 Å². The molecule has 2 aliphatic rings. The summed E-state index contributed by atoms with van der Waals surface area (Å²) in [5.74, 6) is 0.00774. The van der Waals surface area contributed by atoms with Gasteiger partial charge in [0.05, 0.1) is 6.61 Å². The third-order valence-corrected chi connectivity index (χ3v) is 5.84. The lowest BCUT2D eigenvalue weighted by atomic mass is 9.72. The zero-order valence-electron chi connectivity index (χ0n) is 15.1. The lowest BCUT2D eigenvalue weighted by molar-refractivity contribution is -0.143. The number of aryl methyl sites for hydroxylation is 1.